The van der Waals surface area contributed by atoms with Crippen LogP contribution in [0.1, 0.15) is 34.6 Å². The topological polar surface area (TPSA) is 48.3 Å². The third kappa shape index (κ3) is 18.1. The predicted molar refractivity (Wildman–Crippen MR) is 142 cm³/mol. The third-order valence-electron chi connectivity index (χ3n) is 3.41. The summed E-state index contributed by atoms with van der Waals surface area (Å²) >= 11 is 1.42. The van der Waals surface area contributed by atoms with Gasteiger partial charge in [-0.3, -0.25) is 14.8 Å². The van der Waals surface area contributed by atoms with Crippen molar-refractivity contribution in [3.8, 4) is 0 Å². The first-order valence-corrected chi connectivity index (χ1v) is 11.3. The van der Waals surface area contributed by atoms with Crippen LogP contribution in [0.5, 0.6) is 0 Å². The molecule has 7 heteroatoms. The number of thioether (sulfide) groups is 1. The van der Waals surface area contributed by atoms with E-state index in [9.17, 15) is 9.18 Å². The first kappa shape index (κ1) is 31.5. The second kappa shape index (κ2) is 19.0. The second-order valence-electron chi connectivity index (χ2n) is 7.25. The van der Waals surface area contributed by atoms with Crippen LogP contribution in [0.25, 0.3) is 0 Å². The van der Waals surface area contributed by atoms with E-state index in [-0.39, 0.29) is 5.83 Å². The van der Waals surface area contributed by atoms with Crippen LogP contribution in [0.15, 0.2) is 80.8 Å². The van der Waals surface area contributed by atoms with E-state index in [1.807, 2.05) is 82.4 Å². The summed E-state index contributed by atoms with van der Waals surface area (Å²) in [7, 11) is 5.83. The third-order valence-corrected chi connectivity index (χ3v) is 4.21. The molecular weight excluding hydrogens is 423 g/mol. The average Bonchev–Trinajstić information content (AvgIpc) is 2.66. The van der Waals surface area contributed by atoms with Crippen LogP contribution in [0.4, 0.5) is 4.39 Å². The van der Waals surface area contributed by atoms with Gasteiger partial charge in [-0.15, -0.1) is 11.8 Å². The molecule has 0 radical (unpaired) electrons. The van der Waals surface area contributed by atoms with Crippen molar-refractivity contribution in [3.63, 3.8) is 0 Å². The first-order valence-electron chi connectivity index (χ1n) is 10.1. The molecule has 0 saturated carbocycles. The Balaban J connectivity index is 0. The number of likely N-dealkylation sites (N-methyl/N-ethyl adjacent to an activating group) is 1. The Kier molecular flexibility index (Phi) is 18.8. The van der Waals surface area contributed by atoms with Crippen LogP contribution in [0.3, 0.4) is 0 Å². The van der Waals surface area contributed by atoms with Crippen LogP contribution in [0, 0.1) is 0 Å². The Morgan fingerprint density at radius 3 is 2.12 bits per heavy atom. The Bertz CT molecular complexity index is 795. The lowest BCUT2D eigenvalue weighted by atomic mass is 10.2. The largest absolute Gasteiger partial charge is 0.378 e. The van der Waals surface area contributed by atoms with Gasteiger partial charge in [0.15, 0.2) is 6.29 Å². The van der Waals surface area contributed by atoms with Crippen molar-refractivity contribution in [3.05, 3.63) is 70.9 Å². The van der Waals surface area contributed by atoms with E-state index in [1.165, 1.54) is 24.8 Å². The molecule has 0 atom stereocenters. The number of carbonyl (C=O) groups is 1. The smallest absolute Gasteiger partial charge is 0.156 e. The molecule has 0 aromatic rings. The van der Waals surface area contributed by atoms with Crippen LogP contribution in [0.2, 0.25) is 0 Å². The van der Waals surface area contributed by atoms with Crippen molar-refractivity contribution in [2.45, 2.75) is 34.6 Å². The number of aldehydes is 1. The molecule has 0 bridgehead atoms. The zero-order chi connectivity index (χ0) is 25.1. The summed E-state index contributed by atoms with van der Waals surface area (Å²) < 4.78 is 11.8. The first-order chi connectivity index (χ1) is 15.0. The fourth-order valence-corrected chi connectivity index (χ4v) is 2.58. The van der Waals surface area contributed by atoms with Gasteiger partial charge in [-0.05, 0) is 64.7 Å². The molecule has 0 unspecified atom stereocenters. The van der Waals surface area contributed by atoms with E-state index in [0.717, 1.165) is 28.8 Å². The SMILES string of the molecule is C/C=C/N(C)C=NCC(/C=C(/C=C\N=C(C)C)N(C)C)=C(\C=O)SC.C=C(C)/C=C(\C)F. The summed E-state index contributed by atoms with van der Waals surface area (Å²) in [6.07, 6.45) is 15.4. The van der Waals surface area contributed by atoms with Gasteiger partial charge in [0.2, 0.25) is 0 Å². The molecule has 0 aromatic heterocycles. The molecule has 0 heterocycles. The molecule has 0 saturated heterocycles. The van der Waals surface area contributed by atoms with E-state index in [4.69, 9.17) is 0 Å². The normalized spacial score (nSPS) is 13.1. The molecule has 5 nitrogen and oxygen atoms in total. The molecule has 32 heavy (non-hydrogen) atoms. The minimum atomic E-state index is -0.187. The number of carbonyl (C=O) groups excluding carboxylic acids is 1. The van der Waals surface area contributed by atoms with Crippen molar-refractivity contribution in [1.82, 2.24) is 9.80 Å². The lowest BCUT2D eigenvalue weighted by molar-refractivity contribution is -0.104. The highest BCUT2D eigenvalue weighted by atomic mass is 32.2. The number of allylic oxidation sites excluding steroid dienone is 6. The Morgan fingerprint density at radius 2 is 1.75 bits per heavy atom. The van der Waals surface area contributed by atoms with Gasteiger partial charge in [-0.1, -0.05) is 18.2 Å². The average molecular weight is 463 g/mol. The van der Waals surface area contributed by atoms with Gasteiger partial charge in [0.25, 0.3) is 0 Å². The van der Waals surface area contributed by atoms with Crippen molar-refractivity contribution < 1.29 is 9.18 Å². The zero-order valence-electron chi connectivity index (χ0n) is 21.0. The van der Waals surface area contributed by atoms with E-state index in [1.54, 1.807) is 19.5 Å². The molecule has 178 valence electrons. The minimum Gasteiger partial charge on any atom is -0.378 e. The number of halogens is 1. The van der Waals surface area contributed by atoms with Gasteiger partial charge in [0.1, 0.15) is 0 Å². The van der Waals surface area contributed by atoms with Crippen LogP contribution >= 0.6 is 11.8 Å². The summed E-state index contributed by atoms with van der Waals surface area (Å²) in [5.41, 5.74) is 3.56. The van der Waals surface area contributed by atoms with Gasteiger partial charge in [-0.2, -0.15) is 0 Å². The van der Waals surface area contributed by atoms with Crippen LogP contribution in [-0.2, 0) is 4.79 Å². The molecule has 0 aromatic carbocycles. The molecule has 0 aliphatic carbocycles. The summed E-state index contributed by atoms with van der Waals surface area (Å²) in [5.74, 6) is -0.187. The van der Waals surface area contributed by atoms with Gasteiger partial charge < -0.3 is 9.80 Å². The highest BCUT2D eigenvalue weighted by molar-refractivity contribution is 8.03. The van der Waals surface area contributed by atoms with E-state index in [0.29, 0.717) is 11.4 Å². The lowest BCUT2D eigenvalue weighted by Crippen LogP contribution is -2.11. The van der Waals surface area contributed by atoms with E-state index >= 15 is 0 Å². The number of hydrogen-bond acceptors (Lipinski definition) is 5. The Morgan fingerprint density at radius 1 is 1.12 bits per heavy atom. The Hall–Kier alpha value is -2.67. The highest BCUT2D eigenvalue weighted by Crippen LogP contribution is 2.18. The molecular formula is C25H39FN4OS. The van der Waals surface area contributed by atoms with Gasteiger partial charge in [-0.25, -0.2) is 4.39 Å². The van der Waals surface area contributed by atoms with E-state index in [2.05, 4.69) is 16.6 Å². The number of aliphatic imine (C=N–C) groups is 2. The maximum Gasteiger partial charge on any atom is 0.156 e. The zero-order valence-corrected chi connectivity index (χ0v) is 21.8. The standard InChI is InChI=1S/C19H30N4OS.C6H9F/c1-8-11-23(6)15-20-13-17(19(14-24)25-7)12-18(22(4)5)9-10-21-16(2)3;1-5(2)4-6(3)7/h8-12,14-15H,13H2,1-7H3;4H,1H2,2-3H3/b10-9-,11-8+,18-12-,19-17+,20-15?;6-4+. The van der Waals surface area contributed by atoms with Crippen molar-refractivity contribution in [2.24, 2.45) is 9.98 Å². The van der Waals surface area contributed by atoms with Crippen molar-refractivity contribution >= 4 is 30.1 Å². The lowest BCUT2D eigenvalue weighted by Gasteiger charge is -2.15. The summed E-state index contributed by atoms with van der Waals surface area (Å²) in [4.78, 5) is 24.6. The minimum absolute atomic E-state index is 0.187. The van der Waals surface area contributed by atoms with Gasteiger partial charge in [0, 0.05) is 45.0 Å². The molecule has 0 spiro atoms. The predicted octanol–water partition coefficient (Wildman–Crippen LogP) is 6.17. The highest BCUT2D eigenvalue weighted by Gasteiger charge is 2.05. The van der Waals surface area contributed by atoms with Crippen molar-refractivity contribution in [1.29, 1.82) is 0 Å². The number of nitrogens with zero attached hydrogens (tertiary/aromatic N) is 4. The molecule has 0 aliphatic heterocycles. The molecule has 0 N–H and O–H groups in total. The molecule has 0 fully saturated rings. The number of hydrogen-bond donors (Lipinski definition) is 0. The van der Waals surface area contributed by atoms with Gasteiger partial charge >= 0.3 is 0 Å². The summed E-state index contributed by atoms with van der Waals surface area (Å²) in [6.45, 7) is 12.9. The quantitative estimate of drug-likeness (QED) is 0.121. The molecule has 0 rings (SSSR count). The van der Waals surface area contributed by atoms with E-state index < -0.39 is 0 Å². The molecule has 0 amide bonds. The summed E-state index contributed by atoms with van der Waals surface area (Å²) in [5, 5.41) is 0. The maximum atomic E-state index is 11.8. The van der Waals surface area contributed by atoms with Crippen LogP contribution < -0.4 is 0 Å². The number of rotatable bonds is 11. The van der Waals surface area contributed by atoms with Crippen molar-refractivity contribution in [2.75, 3.05) is 33.9 Å². The monoisotopic (exact) mass is 462 g/mol. The van der Waals surface area contributed by atoms with Gasteiger partial charge in [0.05, 0.1) is 23.6 Å². The summed E-state index contributed by atoms with van der Waals surface area (Å²) in [6, 6.07) is 0. The Labute approximate surface area is 198 Å². The fraction of sp³-hybridized carbons (Fsp3) is 0.400. The maximum absolute atomic E-state index is 11.8. The van der Waals surface area contributed by atoms with Crippen LogP contribution in [-0.4, -0.2) is 62.1 Å². The molecule has 0 aliphatic rings. The fourth-order valence-electron chi connectivity index (χ4n) is 2.10. The second-order valence-corrected chi connectivity index (χ2v) is 8.10.